The predicted molar refractivity (Wildman–Crippen MR) is 105 cm³/mol. The molecule has 1 aliphatic heterocycles. The van der Waals surface area contributed by atoms with Gasteiger partial charge in [0.2, 0.25) is 0 Å². The van der Waals surface area contributed by atoms with Gasteiger partial charge in [0.05, 0.1) is 5.69 Å². The Labute approximate surface area is 154 Å². The number of aromatic nitrogens is 2. The maximum Gasteiger partial charge on any atom is 0.146 e. The van der Waals surface area contributed by atoms with Crippen molar-refractivity contribution < 1.29 is 4.39 Å². The standard InChI is InChI=1S/C19H27FN6/c1-24(2)9-5-8-21-18-14-19(23-15-22-18)26-12-10-25(11-13-26)17-7-4-3-6-16(17)20/h3-4,6-7,14-15H,5,8-13H2,1-2H3,(H,21,22,23). The first-order valence-corrected chi connectivity index (χ1v) is 9.08. The van der Waals surface area contributed by atoms with E-state index in [9.17, 15) is 4.39 Å². The summed E-state index contributed by atoms with van der Waals surface area (Å²) in [5, 5.41) is 3.36. The fourth-order valence-corrected chi connectivity index (χ4v) is 3.11. The SMILES string of the molecule is CN(C)CCCNc1cc(N2CCN(c3ccccc3F)CC2)ncn1. The summed E-state index contributed by atoms with van der Waals surface area (Å²) in [6, 6.07) is 8.95. The number of nitrogens with zero attached hydrogens (tertiary/aromatic N) is 5. The van der Waals surface area contributed by atoms with Gasteiger partial charge in [-0.25, -0.2) is 14.4 Å². The summed E-state index contributed by atoms with van der Waals surface area (Å²) in [6.07, 6.45) is 2.67. The van der Waals surface area contributed by atoms with Crippen molar-refractivity contribution in [1.82, 2.24) is 14.9 Å². The Morgan fingerprint density at radius 1 is 1.08 bits per heavy atom. The van der Waals surface area contributed by atoms with E-state index >= 15 is 0 Å². The van der Waals surface area contributed by atoms with Crippen molar-refractivity contribution in [1.29, 1.82) is 0 Å². The molecule has 3 rings (SSSR count). The summed E-state index contributed by atoms with van der Waals surface area (Å²) >= 11 is 0. The molecule has 0 radical (unpaired) electrons. The van der Waals surface area contributed by atoms with Crippen LogP contribution in [0.25, 0.3) is 0 Å². The molecule has 1 aromatic heterocycles. The van der Waals surface area contributed by atoms with E-state index < -0.39 is 0 Å². The maximum absolute atomic E-state index is 14.0. The van der Waals surface area contributed by atoms with Crippen LogP contribution in [0.15, 0.2) is 36.7 Å². The third kappa shape index (κ3) is 4.82. The molecular weight excluding hydrogens is 331 g/mol. The molecule has 0 bridgehead atoms. The second-order valence-corrected chi connectivity index (χ2v) is 6.77. The lowest BCUT2D eigenvalue weighted by Gasteiger charge is -2.36. The van der Waals surface area contributed by atoms with E-state index in [4.69, 9.17) is 0 Å². The molecule has 0 aliphatic carbocycles. The first-order chi connectivity index (χ1) is 12.6. The molecule has 6 nitrogen and oxygen atoms in total. The predicted octanol–water partition coefficient (Wildman–Crippen LogP) is 2.31. The summed E-state index contributed by atoms with van der Waals surface area (Å²) in [4.78, 5) is 15.2. The highest BCUT2D eigenvalue weighted by Gasteiger charge is 2.20. The van der Waals surface area contributed by atoms with E-state index in [-0.39, 0.29) is 5.82 Å². The number of anilines is 3. The third-order valence-corrected chi connectivity index (χ3v) is 4.54. The van der Waals surface area contributed by atoms with Gasteiger partial charge >= 0.3 is 0 Å². The van der Waals surface area contributed by atoms with Gasteiger partial charge in [0.15, 0.2) is 0 Å². The number of hydrogen-bond acceptors (Lipinski definition) is 6. The lowest BCUT2D eigenvalue weighted by atomic mass is 10.2. The fraction of sp³-hybridized carbons (Fsp3) is 0.474. The Morgan fingerprint density at radius 3 is 2.54 bits per heavy atom. The summed E-state index contributed by atoms with van der Waals surface area (Å²) < 4.78 is 14.0. The fourth-order valence-electron chi connectivity index (χ4n) is 3.11. The zero-order valence-electron chi connectivity index (χ0n) is 15.5. The van der Waals surface area contributed by atoms with Gasteiger partial charge < -0.3 is 20.0 Å². The monoisotopic (exact) mass is 358 g/mol. The number of benzene rings is 1. The topological polar surface area (TPSA) is 47.5 Å². The molecule has 0 spiro atoms. The highest BCUT2D eigenvalue weighted by atomic mass is 19.1. The average molecular weight is 358 g/mol. The molecule has 1 aliphatic rings. The van der Waals surface area contributed by atoms with Gasteiger partial charge in [-0.1, -0.05) is 12.1 Å². The van der Waals surface area contributed by atoms with Gasteiger partial charge in [0, 0.05) is 38.8 Å². The van der Waals surface area contributed by atoms with Crippen molar-refractivity contribution in [2.45, 2.75) is 6.42 Å². The maximum atomic E-state index is 14.0. The van der Waals surface area contributed by atoms with E-state index in [0.29, 0.717) is 5.69 Å². The van der Waals surface area contributed by atoms with Crippen LogP contribution in [0.4, 0.5) is 21.7 Å². The van der Waals surface area contributed by atoms with Crippen molar-refractivity contribution >= 4 is 17.3 Å². The molecule has 1 saturated heterocycles. The summed E-state index contributed by atoms with van der Waals surface area (Å²) in [5.74, 6) is 1.61. The van der Waals surface area contributed by atoms with E-state index in [2.05, 4.69) is 44.1 Å². The van der Waals surface area contributed by atoms with Crippen LogP contribution in [-0.4, -0.2) is 68.2 Å². The second-order valence-electron chi connectivity index (χ2n) is 6.77. The molecule has 0 unspecified atom stereocenters. The van der Waals surface area contributed by atoms with Crippen LogP contribution in [0.3, 0.4) is 0 Å². The zero-order valence-corrected chi connectivity index (χ0v) is 15.5. The molecule has 7 heteroatoms. The minimum atomic E-state index is -0.160. The van der Waals surface area contributed by atoms with Crippen LogP contribution in [0.1, 0.15) is 6.42 Å². The Kier molecular flexibility index (Phi) is 6.22. The van der Waals surface area contributed by atoms with E-state index in [1.165, 1.54) is 6.07 Å². The quantitative estimate of drug-likeness (QED) is 0.767. The summed E-state index contributed by atoms with van der Waals surface area (Å²) in [6.45, 7) is 5.10. The molecule has 0 amide bonds. The van der Waals surface area contributed by atoms with Crippen LogP contribution in [0, 0.1) is 5.82 Å². The van der Waals surface area contributed by atoms with Crippen molar-refractivity contribution in [2.75, 3.05) is 68.5 Å². The molecule has 0 atom stereocenters. The molecule has 1 fully saturated rings. The zero-order chi connectivity index (χ0) is 18.4. The highest BCUT2D eigenvalue weighted by Crippen LogP contribution is 2.22. The van der Waals surface area contributed by atoms with Crippen LogP contribution in [-0.2, 0) is 0 Å². The van der Waals surface area contributed by atoms with Gasteiger partial charge in [-0.05, 0) is 39.2 Å². The smallest absolute Gasteiger partial charge is 0.146 e. The minimum absolute atomic E-state index is 0.160. The van der Waals surface area contributed by atoms with Gasteiger partial charge in [-0.15, -0.1) is 0 Å². The van der Waals surface area contributed by atoms with Gasteiger partial charge in [0.1, 0.15) is 23.8 Å². The molecule has 26 heavy (non-hydrogen) atoms. The summed E-state index contributed by atoms with van der Waals surface area (Å²) in [5.41, 5.74) is 0.679. The lowest BCUT2D eigenvalue weighted by molar-refractivity contribution is 0.405. The molecule has 0 saturated carbocycles. The van der Waals surface area contributed by atoms with E-state index in [0.717, 1.165) is 57.3 Å². The first-order valence-electron chi connectivity index (χ1n) is 9.08. The molecule has 2 heterocycles. The second kappa shape index (κ2) is 8.80. The largest absolute Gasteiger partial charge is 0.370 e. The van der Waals surface area contributed by atoms with Crippen LogP contribution >= 0.6 is 0 Å². The first kappa shape index (κ1) is 18.4. The van der Waals surface area contributed by atoms with Crippen molar-refractivity contribution in [3.8, 4) is 0 Å². The number of nitrogens with one attached hydrogen (secondary N) is 1. The molecular formula is C19H27FN6. The highest BCUT2D eigenvalue weighted by molar-refractivity contribution is 5.52. The Bertz CT molecular complexity index is 700. The Morgan fingerprint density at radius 2 is 1.81 bits per heavy atom. The van der Waals surface area contributed by atoms with Crippen molar-refractivity contribution in [3.05, 3.63) is 42.5 Å². The van der Waals surface area contributed by atoms with Crippen LogP contribution < -0.4 is 15.1 Å². The molecule has 1 N–H and O–H groups in total. The Hall–Kier alpha value is -2.41. The van der Waals surface area contributed by atoms with E-state index in [1.54, 1.807) is 12.4 Å². The number of rotatable bonds is 7. The summed E-state index contributed by atoms with van der Waals surface area (Å²) in [7, 11) is 4.15. The van der Waals surface area contributed by atoms with Gasteiger partial charge in [-0.2, -0.15) is 0 Å². The minimum Gasteiger partial charge on any atom is -0.370 e. The number of para-hydroxylation sites is 1. The number of piperazine rings is 1. The van der Waals surface area contributed by atoms with Crippen molar-refractivity contribution in [2.24, 2.45) is 0 Å². The van der Waals surface area contributed by atoms with Crippen LogP contribution in [0.5, 0.6) is 0 Å². The molecule has 140 valence electrons. The van der Waals surface area contributed by atoms with Crippen molar-refractivity contribution in [3.63, 3.8) is 0 Å². The molecule has 2 aromatic rings. The van der Waals surface area contributed by atoms with Gasteiger partial charge in [-0.3, -0.25) is 0 Å². The normalized spacial score (nSPS) is 14.8. The van der Waals surface area contributed by atoms with Gasteiger partial charge in [0.25, 0.3) is 0 Å². The van der Waals surface area contributed by atoms with E-state index in [1.807, 2.05) is 18.2 Å². The lowest BCUT2D eigenvalue weighted by Crippen LogP contribution is -2.47. The average Bonchev–Trinajstić information content (AvgIpc) is 2.66. The number of halogens is 1. The molecule has 1 aromatic carbocycles. The number of hydrogen-bond donors (Lipinski definition) is 1. The third-order valence-electron chi connectivity index (χ3n) is 4.54. The Balaban J connectivity index is 1.54. The van der Waals surface area contributed by atoms with Crippen LogP contribution in [0.2, 0.25) is 0 Å².